The maximum atomic E-state index is 13.5. The van der Waals surface area contributed by atoms with E-state index in [0.717, 1.165) is 48.9 Å². The molecule has 0 bridgehead atoms. The Bertz CT molecular complexity index is 1680. The molecule has 4 heterocycles. The van der Waals surface area contributed by atoms with Crippen molar-refractivity contribution >= 4 is 26.8 Å². The highest BCUT2D eigenvalue weighted by Gasteiger charge is 2.30. The summed E-state index contributed by atoms with van der Waals surface area (Å²) in [6, 6.07) is 3.11. The molecule has 6 rings (SSSR count). The first kappa shape index (κ1) is 23.6. The number of hydrogen-bond donors (Lipinski definition) is 1. The van der Waals surface area contributed by atoms with Crippen molar-refractivity contribution in [1.29, 1.82) is 0 Å². The number of fused-ring (bicyclic) bond motifs is 1. The molecule has 2 saturated carbocycles. The molecule has 0 radical (unpaired) electrons. The first-order valence-corrected chi connectivity index (χ1v) is 14.2. The van der Waals surface area contributed by atoms with Gasteiger partial charge in [0.2, 0.25) is 0 Å². The second-order valence-corrected chi connectivity index (χ2v) is 11.8. The standard InChI is InChI=1S/C25H26N8O3S/c1-14-20(21(16-5-6-16)30-13-29-14)22-28-11-19-24(32-22)33(12-15-3-4-15)25(34)23(31-19)27-9-17-7-8-18(10-26-17)37(2,35)36/h7-8,10-11,13,15-16H,3-6,9,12H2,1-2H3,(H,27,31). The van der Waals surface area contributed by atoms with Crippen molar-refractivity contribution in [3.8, 4) is 11.4 Å². The lowest BCUT2D eigenvalue weighted by atomic mass is 10.1. The Balaban J connectivity index is 1.37. The highest BCUT2D eigenvalue weighted by atomic mass is 32.2. The Labute approximate surface area is 213 Å². The second kappa shape index (κ2) is 8.94. The van der Waals surface area contributed by atoms with Gasteiger partial charge >= 0.3 is 0 Å². The molecule has 0 unspecified atom stereocenters. The van der Waals surface area contributed by atoms with Crippen LogP contribution in [0.2, 0.25) is 0 Å². The molecule has 4 aromatic rings. The molecule has 190 valence electrons. The van der Waals surface area contributed by atoms with E-state index in [4.69, 9.17) is 4.98 Å². The molecule has 0 aliphatic heterocycles. The molecule has 0 atom stereocenters. The number of aromatic nitrogens is 7. The Kier molecular flexibility index (Phi) is 5.70. The van der Waals surface area contributed by atoms with Crippen LogP contribution < -0.4 is 10.9 Å². The third-order valence-corrected chi connectivity index (χ3v) is 7.84. The van der Waals surface area contributed by atoms with E-state index in [1.165, 1.54) is 12.3 Å². The van der Waals surface area contributed by atoms with E-state index < -0.39 is 9.84 Å². The number of hydrogen-bond acceptors (Lipinski definition) is 10. The van der Waals surface area contributed by atoms with Crippen LogP contribution in [0.25, 0.3) is 22.6 Å². The summed E-state index contributed by atoms with van der Waals surface area (Å²) in [5.74, 6) is 1.52. The highest BCUT2D eigenvalue weighted by molar-refractivity contribution is 7.90. The highest BCUT2D eigenvalue weighted by Crippen LogP contribution is 2.43. The van der Waals surface area contributed by atoms with Crippen LogP contribution in [-0.2, 0) is 22.9 Å². The van der Waals surface area contributed by atoms with E-state index in [0.29, 0.717) is 41.1 Å². The molecule has 2 aliphatic carbocycles. The van der Waals surface area contributed by atoms with Gasteiger partial charge in [-0.05, 0) is 50.7 Å². The normalized spacial score (nSPS) is 15.7. The molecule has 0 spiro atoms. The van der Waals surface area contributed by atoms with Gasteiger partial charge in [-0.15, -0.1) is 0 Å². The van der Waals surface area contributed by atoms with Crippen LogP contribution in [-0.4, -0.2) is 49.1 Å². The first-order chi connectivity index (χ1) is 17.8. The van der Waals surface area contributed by atoms with Gasteiger partial charge in [-0.25, -0.2) is 33.3 Å². The number of nitrogens with one attached hydrogen (secondary N) is 1. The van der Waals surface area contributed by atoms with Crippen LogP contribution in [0.15, 0.2) is 40.5 Å². The quantitative estimate of drug-likeness (QED) is 0.369. The van der Waals surface area contributed by atoms with Gasteiger partial charge in [-0.2, -0.15) is 0 Å². The summed E-state index contributed by atoms with van der Waals surface area (Å²) in [6.45, 7) is 2.70. The van der Waals surface area contributed by atoms with Crippen molar-refractivity contribution < 1.29 is 8.42 Å². The predicted molar refractivity (Wildman–Crippen MR) is 137 cm³/mol. The van der Waals surface area contributed by atoms with Crippen molar-refractivity contribution in [2.24, 2.45) is 5.92 Å². The fourth-order valence-corrected chi connectivity index (χ4v) is 4.90. The molecule has 2 fully saturated rings. The van der Waals surface area contributed by atoms with Gasteiger partial charge in [0, 0.05) is 24.9 Å². The van der Waals surface area contributed by atoms with E-state index in [1.807, 2.05) is 6.92 Å². The molecule has 4 aromatic heterocycles. The Morgan fingerprint density at radius 2 is 1.84 bits per heavy atom. The number of anilines is 1. The van der Waals surface area contributed by atoms with E-state index >= 15 is 0 Å². The van der Waals surface area contributed by atoms with Gasteiger partial charge in [0.25, 0.3) is 5.56 Å². The zero-order valence-electron chi connectivity index (χ0n) is 20.5. The predicted octanol–water partition coefficient (Wildman–Crippen LogP) is 2.65. The molecular formula is C25H26N8O3S. The van der Waals surface area contributed by atoms with E-state index in [9.17, 15) is 13.2 Å². The molecule has 12 heteroatoms. The van der Waals surface area contributed by atoms with Gasteiger partial charge in [0.05, 0.1) is 40.3 Å². The Morgan fingerprint density at radius 3 is 2.51 bits per heavy atom. The van der Waals surface area contributed by atoms with Crippen LogP contribution in [0.5, 0.6) is 0 Å². The minimum atomic E-state index is -3.33. The smallest absolute Gasteiger partial charge is 0.294 e. The van der Waals surface area contributed by atoms with Gasteiger partial charge in [-0.1, -0.05) is 0 Å². The van der Waals surface area contributed by atoms with Crippen LogP contribution in [0, 0.1) is 12.8 Å². The lowest BCUT2D eigenvalue weighted by Gasteiger charge is -2.14. The third-order valence-electron chi connectivity index (χ3n) is 6.74. The lowest BCUT2D eigenvalue weighted by Crippen LogP contribution is -2.27. The van der Waals surface area contributed by atoms with E-state index in [2.05, 4.69) is 30.2 Å². The molecule has 0 amide bonds. The van der Waals surface area contributed by atoms with Crippen LogP contribution in [0.4, 0.5) is 5.82 Å². The zero-order chi connectivity index (χ0) is 25.7. The van der Waals surface area contributed by atoms with Crippen LogP contribution >= 0.6 is 0 Å². The summed E-state index contributed by atoms with van der Waals surface area (Å²) in [6.07, 6.45) is 10.0. The lowest BCUT2D eigenvalue weighted by molar-refractivity contribution is 0.601. The van der Waals surface area contributed by atoms with E-state index in [-0.39, 0.29) is 22.8 Å². The summed E-state index contributed by atoms with van der Waals surface area (Å²) in [7, 11) is -3.33. The molecule has 37 heavy (non-hydrogen) atoms. The summed E-state index contributed by atoms with van der Waals surface area (Å²) in [5, 5.41) is 3.07. The maximum absolute atomic E-state index is 13.5. The largest absolute Gasteiger partial charge is 0.360 e. The van der Waals surface area contributed by atoms with Crippen molar-refractivity contribution in [2.75, 3.05) is 11.6 Å². The summed E-state index contributed by atoms with van der Waals surface area (Å²) in [4.78, 5) is 40.7. The number of rotatable bonds is 8. The molecule has 0 aromatic carbocycles. The minimum Gasteiger partial charge on any atom is -0.360 e. The summed E-state index contributed by atoms with van der Waals surface area (Å²) >= 11 is 0. The molecule has 2 aliphatic rings. The fraction of sp³-hybridized carbons (Fsp3) is 0.400. The average molecular weight is 519 g/mol. The average Bonchev–Trinajstić information content (AvgIpc) is 3.79. The topological polar surface area (TPSA) is 146 Å². The monoisotopic (exact) mass is 518 g/mol. The van der Waals surface area contributed by atoms with Gasteiger partial charge in [-0.3, -0.25) is 14.3 Å². The van der Waals surface area contributed by atoms with Gasteiger partial charge in [0.1, 0.15) is 11.8 Å². The Morgan fingerprint density at radius 1 is 1.03 bits per heavy atom. The van der Waals surface area contributed by atoms with Crippen LogP contribution in [0.3, 0.4) is 0 Å². The molecule has 0 saturated heterocycles. The molecular weight excluding hydrogens is 492 g/mol. The van der Waals surface area contributed by atoms with Crippen molar-refractivity contribution in [1.82, 2.24) is 34.5 Å². The van der Waals surface area contributed by atoms with Gasteiger partial charge < -0.3 is 5.32 Å². The summed E-state index contributed by atoms with van der Waals surface area (Å²) in [5.41, 5.74) is 3.93. The zero-order valence-corrected chi connectivity index (χ0v) is 21.4. The summed E-state index contributed by atoms with van der Waals surface area (Å²) < 4.78 is 25.0. The maximum Gasteiger partial charge on any atom is 0.294 e. The first-order valence-electron chi connectivity index (χ1n) is 12.3. The third kappa shape index (κ3) is 4.80. The number of aryl methyl sites for hydroxylation is 1. The minimum absolute atomic E-state index is 0.142. The second-order valence-electron chi connectivity index (χ2n) is 9.83. The molecule has 11 nitrogen and oxygen atoms in total. The molecule has 1 N–H and O–H groups in total. The van der Waals surface area contributed by atoms with Crippen LogP contribution in [0.1, 0.15) is 48.7 Å². The number of nitrogens with zero attached hydrogens (tertiary/aromatic N) is 7. The fourth-order valence-electron chi connectivity index (χ4n) is 4.34. The van der Waals surface area contributed by atoms with Gasteiger partial charge in [0.15, 0.2) is 27.1 Å². The Hall–Kier alpha value is -3.80. The SMILES string of the molecule is Cc1ncnc(C2CC2)c1-c1ncc2nc(NCc3ccc(S(C)(=O)=O)cn3)c(=O)n(CC3CC3)c2n1. The van der Waals surface area contributed by atoms with Crippen molar-refractivity contribution in [3.63, 3.8) is 0 Å². The number of sulfone groups is 1. The van der Waals surface area contributed by atoms with Crippen molar-refractivity contribution in [3.05, 3.63) is 58.3 Å². The van der Waals surface area contributed by atoms with Crippen molar-refractivity contribution in [2.45, 2.75) is 56.5 Å². The van der Waals surface area contributed by atoms with E-state index in [1.54, 1.807) is 23.2 Å². The number of pyridine rings is 1.